The van der Waals surface area contributed by atoms with Crippen molar-refractivity contribution in [1.29, 1.82) is 5.26 Å². The Bertz CT molecular complexity index is 547. The molecule has 0 spiro atoms. The van der Waals surface area contributed by atoms with Crippen LogP contribution in [0.15, 0.2) is 23.2 Å². The molecular formula is C12H17N3O3S. The SMILES string of the molecule is COCCN(C(C)C)S(=O)(=O)c1ccc(C#N)nc1. The van der Waals surface area contributed by atoms with E-state index in [1.807, 2.05) is 6.07 Å². The lowest BCUT2D eigenvalue weighted by molar-refractivity contribution is 0.171. The molecule has 0 bridgehead atoms. The van der Waals surface area contributed by atoms with Crippen molar-refractivity contribution in [2.75, 3.05) is 20.3 Å². The third-order valence-corrected chi connectivity index (χ3v) is 4.61. The van der Waals surface area contributed by atoms with E-state index in [9.17, 15) is 8.42 Å². The maximum Gasteiger partial charge on any atom is 0.244 e. The Morgan fingerprint density at radius 2 is 2.16 bits per heavy atom. The molecule has 1 heterocycles. The molecule has 104 valence electrons. The first kappa shape index (κ1) is 15.6. The minimum absolute atomic E-state index is 0.0799. The Balaban J connectivity index is 3.08. The van der Waals surface area contributed by atoms with Crippen LogP contribution in [0.25, 0.3) is 0 Å². The quantitative estimate of drug-likeness (QED) is 0.777. The molecule has 0 saturated heterocycles. The van der Waals surface area contributed by atoms with Gasteiger partial charge in [0, 0.05) is 25.9 Å². The largest absolute Gasteiger partial charge is 0.383 e. The molecule has 0 N–H and O–H groups in total. The number of rotatable bonds is 6. The topological polar surface area (TPSA) is 83.3 Å². The Kier molecular flexibility index (Phi) is 5.42. The van der Waals surface area contributed by atoms with Crippen LogP contribution < -0.4 is 0 Å². The van der Waals surface area contributed by atoms with Gasteiger partial charge in [-0.25, -0.2) is 13.4 Å². The number of sulfonamides is 1. The molecule has 0 unspecified atom stereocenters. The summed E-state index contributed by atoms with van der Waals surface area (Å²) in [4.78, 5) is 3.87. The molecule has 1 aromatic rings. The molecule has 0 amide bonds. The summed E-state index contributed by atoms with van der Waals surface area (Å²) < 4.78 is 31.1. The lowest BCUT2D eigenvalue weighted by atomic mass is 10.4. The van der Waals surface area contributed by atoms with Gasteiger partial charge in [0.2, 0.25) is 10.0 Å². The lowest BCUT2D eigenvalue weighted by Crippen LogP contribution is -2.39. The summed E-state index contributed by atoms with van der Waals surface area (Å²) in [5, 5.41) is 8.66. The van der Waals surface area contributed by atoms with Crippen LogP contribution >= 0.6 is 0 Å². The van der Waals surface area contributed by atoms with E-state index in [0.717, 1.165) is 0 Å². The summed E-state index contributed by atoms with van der Waals surface area (Å²) in [5.41, 5.74) is 0.187. The van der Waals surface area contributed by atoms with Crippen LogP contribution in [0.5, 0.6) is 0 Å². The second-order valence-electron chi connectivity index (χ2n) is 4.19. The van der Waals surface area contributed by atoms with Crippen LogP contribution in [0.2, 0.25) is 0 Å². The van der Waals surface area contributed by atoms with Crippen molar-refractivity contribution >= 4 is 10.0 Å². The van der Waals surface area contributed by atoms with Gasteiger partial charge in [-0.2, -0.15) is 9.57 Å². The normalized spacial score (nSPS) is 11.8. The minimum Gasteiger partial charge on any atom is -0.383 e. The van der Waals surface area contributed by atoms with Gasteiger partial charge in [0.15, 0.2) is 0 Å². The van der Waals surface area contributed by atoms with E-state index < -0.39 is 10.0 Å². The maximum atomic E-state index is 12.4. The molecule has 19 heavy (non-hydrogen) atoms. The number of aromatic nitrogens is 1. The molecule has 1 aromatic heterocycles. The van der Waals surface area contributed by atoms with E-state index in [2.05, 4.69) is 4.98 Å². The minimum atomic E-state index is -3.62. The lowest BCUT2D eigenvalue weighted by Gasteiger charge is -2.25. The Hall–Kier alpha value is -1.49. The van der Waals surface area contributed by atoms with Crippen LogP contribution in [0, 0.1) is 11.3 Å². The summed E-state index contributed by atoms with van der Waals surface area (Å²) in [7, 11) is -2.09. The monoisotopic (exact) mass is 283 g/mol. The van der Waals surface area contributed by atoms with E-state index in [-0.39, 0.29) is 23.2 Å². The molecule has 0 aliphatic carbocycles. The molecular weight excluding hydrogens is 266 g/mol. The third-order valence-electron chi connectivity index (χ3n) is 2.55. The zero-order chi connectivity index (χ0) is 14.5. The van der Waals surface area contributed by atoms with E-state index >= 15 is 0 Å². The van der Waals surface area contributed by atoms with Crippen LogP contribution in [0.1, 0.15) is 19.5 Å². The van der Waals surface area contributed by atoms with Gasteiger partial charge in [-0.3, -0.25) is 0 Å². The molecule has 0 fully saturated rings. The van der Waals surface area contributed by atoms with Crippen molar-refractivity contribution in [1.82, 2.24) is 9.29 Å². The fraction of sp³-hybridized carbons (Fsp3) is 0.500. The maximum absolute atomic E-state index is 12.4. The summed E-state index contributed by atoms with van der Waals surface area (Å²) in [6.07, 6.45) is 1.20. The average molecular weight is 283 g/mol. The fourth-order valence-corrected chi connectivity index (χ4v) is 3.14. The Morgan fingerprint density at radius 1 is 1.47 bits per heavy atom. The van der Waals surface area contributed by atoms with Crippen molar-refractivity contribution in [2.24, 2.45) is 0 Å². The van der Waals surface area contributed by atoms with Gasteiger partial charge in [-0.15, -0.1) is 0 Å². The number of nitrogens with zero attached hydrogens (tertiary/aromatic N) is 3. The molecule has 0 saturated carbocycles. The Morgan fingerprint density at radius 3 is 2.58 bits per heavy atom. The fourth-order valence-electron chi connectivity index (χ4n) is 1.57. The van der Waals surface area contributed by atoms with Gasteiger partial charge < -0.3 is 4.74 Å². The molecule has 6 nitrogen and oxygen atoms in total. The van der Waals surface area contributed by atoms with E-state index in [4.69, 9.17) is 10.00 Å². The summed E-state index contributed by atoms with van der Waals surface area (Å²) >= 11 is 0. The molecule has 0 radical (unpaired) electrons. The number of pyridine rings is 1. The highest BCUT2D eigenvalue weighted by Crippen LogP contribution is 2.17. The molecule has 0 aliphatic rings. The first-order valence-corrected chi connectivity index (χ1v) is 7.24. The highest BCUT2D eigenvalue weighted by Gasteiger charge is 2.26. The summed E-state index contributed by atoms with van der Waals surface area (Å²) in [6.45, 7) is 4.19. The van der Waals surface area contributed by atoms with Crippen molar-refractivity contribution in [3.05, 3.63) is 24.0 Å². The van der Waals surface area contributed by atoms with E-state index in [0.29, 0.717) is 6.61 Å². The first-order valence-electron chi connectivity index (χ1n) is 5.80. The van der Waals surface area contributed by atoms with Gasteiger partial charge in [0.1, 0.15) is 16.7 Å². The van der Waals surface area contributed by atoms with Gasteiger partial charge in [0.05, 0.1) is 6.61 Å². The van der Waals surface area contributed by atoms with E-state index in [1.165, 1.54) is 29.7 Å². The average Bonchev–Trinajstić information content (AvgIpc) is 2.38. The molecule has 0 aliphatic heterocycles. The van der Waals surface area contributed by atoms with Crippen molar-refractivity contribution in [2.45, 2.75) is 24.8 Å². The number of methoxy groups -OCH3 is 1. The van der Waals surface area contributed by atoms with Gasteiger partial charge in [-0.05, 0) is 26.0 Å². The van der Waals surface area contributed by atoms with Gasteiger partial charge in [-0.1, -0.05) is 0 Å². The highest BCUT2D eigenvalue weighted by atomic mass is 32.2. The van der Waals surface area contributed by atoms with Crippen LogP contribution in [0.3, 0.4) is 0 Å². The van der Waals surface area contributed by atoms with Crippen LogP contribution in [-0.4, -0.2) is 44.0 Å². The predicted octanol–water partition coefficient (Wildman–Crippen LogP) is 0.999. The number of hydrogen-bond donors (Lipinski definition) is 0. The Labute approximate surface area is 113 Å². The smallest absolute Gasteiger partial charge is 0.244 e. The molecule has 0 aromatic carbocycles. The third kappa shape index (κ3) is 3.73. The first-order chi connectivity index (χ1) is 8.93. The standard InChI is InChI=1S/C12H17N3O3S/c1-10(2)15(6-7-18-3)19(16,17)12-5-4-11(8-13)14-9-12/h4-5,9-10H,6-7H2,1-3H3. The van der Waals surface area contributed by atoms with E-state index in [1.54, 1.807) is 13.8 Å². The van der Waals surface area contributed by atoms with Crippen LogP contribution in [-0.2, 0) is 14.8 Å². The van der Waals surface area contributed by atoms with Gasteiger partial charge >= 0.3 is 0 Å². The highest BCUT2D eigenvalue weighted by molar-refractivity contribution is 7.89. The van der Waals surface area contributed by atoms with Crippen LogP contribution in [0.4, 0.5) is 0 Å². The second kappa shape index (κ2) is 6.61. The molecule has 1 rings (SSSR count). The van der Waals surface area contributed by atoms with Crippen molar-refractivity contribution in [3.63, 3.8) is 0 Å². The zero-order valence-corrected chi connectivity index (χ0v) is 12.0. The number of ether oxygens (including phenoxy) is 1. The zero-order valence-electron chi connectivity index (χ0n) is 11.2. The molecule has 0 atom stereocenters. The van der Waals surface area contributed by atoms with Crippen molar-refractivity contribution < 1.29 is 13.2 Å². The molecule has 7 heteroatoms. The number of nitriles is 1. The summed E-state index contributed by atoms with van der Waals surface area (Å²) in [5.74, 6) is 0. The number of hydrogen-bond acceptors (Lipinski definition) is 5. The van der Waals surface area contributed by atoms with Gasteiger partial charge in [0.25, 0.3) is 0 Å². The second-order valence-corrected chi connectivity index (χ2v) is 6.08. The van der Waals surface area contributed by atoms with Crippen molar-refractivity contribution in [3.8, 4) is 6.07 Å². The summed E-state index contributed by atoms with van der Waals surface area (Å²) in [6, 6.07) is 4.45. The predicted molar refractivity (Wildman–Crippen MR) is 69.9 cm³/mol.